The average Bonchev–Trinajstić information content (AvgIpc) is 2.17. The van der Waals surface area contributed by atoms with E-state index in [0.717, 1.165) is 4.47 Å². The highest BCUT2D eigenvalue weighted by Crippen LogP contribution is 2.27. The molecule has 1 rings (SSSR count). The number of phenolic OH excluding ortho intramolecular Hbond substituents is 1. The predicted octanol–water partition coefficient (Wildman–Crippen LogP) is 1.72. The van der Waals surface area contributed by atoms with Crippen molar-refractivity contribution in [3.05, 3.63) is 28.2 Å². The summed E-state index contributed by atoms with van der Waals surface area (Å²) in [6, 6.07) is 4.41. The highest BCUT2D eigenvalue weighted by Gasteiger charge is 2.15. The van der Waals surface area contributed by atoms with Crippen LogP contribution in [0.25, 0.3) is 0 Å². The number of hydrogen-bond acceptors (Lipinski definition) is 4. The van der Waals surface area contributed by atoms with Crippen molar-refractivity contribution in [3.63, 3.8) is 0 Å². The normalized spacial score (nSPS) is 12.2. The van der Waals surface area contributed by atoms with E-state index >= 15 is 0 Å². The van der Waals surface area contributed by atoms with Gasteiger partial charge in [-0.2, -0.15) is 0 Å². The molecule has 0 aliphatic rings. The average molecular weight is 274 g/mol. The molecule has 15 heavy (non-hydrogen) atoms. The van der Waals surface area contributed by atoms with Crippen molar-refractivity contribution in [1.29, 1.82) is 0 Å². The molecule has 1 aromatic carbocycles. The van der Waals surface area contributed by atoms with Crippen molar-refractivity contribution in [2.24, 2.45) is 5.73 Å². The molecule has 0 spiro atoms. The van der Waals surface area contributed by atoms with E-state index in [9.17, 15) is 9.90 Å². The van der Waals surface area contributed by atoms with E-state index in [-0.39, 0.29) is 12.2 Å². The summed E-state index contributed by atoms with van der Waals surface area (Å²) in [4.78, 5) is 11.0. The Kier molecular flexibility index (Phi) is 4.11. The third-order valence-corrected chi connectivity index (χ3v) is 2.50. The van der Waals surface area contributed by atoms with E-state index in [1.165, 1.54) is 13.2 Å². The Labute approximate surface area is 96.2 Å². The van der Waals surface area contributed by atoms with Gasteiger partial charge in [0.1, 0.15) is 5.75 Å². The van der Waals surface area contributed by atoms with Crippen LogP contribution < -0.4 is 5.73 Å². The second-order valence-corrected chi connectivity index (χ2v) is 4.01. The fraction of sp³-hybridized carbons (Fsp3) is 0.300. The second kappa shape index (κ2) is 5.14. The lowest BCUT2D eigenvalue weighted by atomic mass is 10.0. The molecule has 4 nitrogen and oxygen atoms in total. The minimum atomic E-state index is -0.550. The van der Waals surface area contributed by atoms with Gasteiger partial charge in [0, 0.05) is 16.1 Å². The SMILES string of the molecule is COC(=O)C[C@H](N)c1ccc(Br)cc1O. The number of carbonyl (C=O) groups is 1. The number of hydrogen-bond donors (Lipinski definition) is 2. The molecular formula is C10H12BrNO3. The first kappa shape index (κ1) is 12.0. The fourth-order valence-corrected chi connectivity index (χ4v) is 1.55. The smallest absolute Gasteiger partial charge is 0.307 e. The van der Waals surface area contributed by atoms with Crippen LogP contribution in [0.2, 0.25) is 0 Å². The van der Waals surface area contributed by atoms with Gasteiger partial charge in [0.2, 0.25) is 0 Å². The van der Waals surface area contributed by atoms with Crippen molar-refractivity contribution in [2.75, 3.05) is 7.11 Å². The van der Waals surface area contributed by atoms with Gasteiger partial charge < -0.3 is 15.6 Å². The van der Waals surface area contributed by atoms with Crippen LogP contribution in [0.4, 0.5) is 0 Å². The Hall–Kier alpha value is -1.07. The Balaban J connectivity index is 2.82. The number of esters is 1. The Bertz CT molecular complexity index is 368. The number of rotatable bonds is 3. The Morgan fingerprint density at radius 3 is 2.87 bits per heavy atom. The number of nitrogens with two attached hydrogens (primary N) is 1. The number of phenols is 1. The number of halogens is 1. The first-order valence-electron chi connectivity index (χ1n) is 4.35. The summed E-state index contributed by atoms with van der Waals surface area (Å²) in [5.74, 6) is -0.328. The second-order valence-electron chi connectivity index (χ2n) is 3.09. The number of carbonyl (C=O) groups excluding carboxylic acids is 1. The quantitative estimate of drug-likeness (QED) is 0.823. The zero-order valence-electron chi connectivity index (χ0n) is 8.24. The molecule has 3 N–H and O–H groups in total. The van der Waals surface area contributed by atoms with Gasteiger partial charge in [-0.3, -0.25) is 4.79 Å². The third-order valence-electron chi connectivity index (χ3n) is 2.01. The first-order chi connectivity index (χ1) is 7.04. The predicted molar refractivity (Wildman–Crippen MR) is 59.4 cm³/mol. The van der Waals surface area contributed by atoms with Crippen molar-refractivity contribution >= 4 is 21.9 Å². The lowest BCUT2D eigenvalue weighted by Crippen LogP contribution is -2.16. The van der Waals surface area contributed by atoms with Crippen LogP contribution in [0.15, 0.2) is 22.7 Å². The summed E-state index contributed by atoms with van der Waals surface area (Å²) in [6.45, 7) is 0. The zero-order valence-corrected chi connectivity index (χ0v) is 9.82. The van der Waals surface area contributed by atoms with Gasteiger partial charge in [-0.15, -0.1) is 0 Å². The molecule has 0 aliphatic carbocycles. The zero-order chi connectivity index (χ0) is 11.4. The standard InChI is InChI=1S/C10H12BrNO3/c1-15-10(14)5-8(12)7-3-2-6(11)4-9(7)13/h2-4,8,13H,5,12H2,1H3/t8-/m0/s1. The van der Waals surface area contributed by atoms with Crippen molar-refractivity contribution in [3.8, 4) is 5.75 Å². The van der Waals surface area contributed by atoms with E-state index < -0.39 is 12.0 Å². The molecule has 0 bridgehead atoms. The molecule has 0 saturated carbocycles. The summed E-state index contributed by atoms with van der Waals surface area (Å²) < 4.78 is 5.25. The van der Waals surface area contributed by atoms with E-state index in [2.05, 4.69) is 20.7 Å². The highest BCUT2D eigenvalue weighted by molar-refractivity contribution is 9.10. The molecule has 5 heteroatoms. The van der Waals surface area contributed by atoms with Gasteiger partial charge in [-0.05, 0) is 12.1 Å². The summed E-state index contributed by atoms with van der Waals surface area (Å²) in [5, 5.41) is 9.59. The number of aromatic hydroxyl groups is 1. The van der Waals surface area contributed by atoms with Crippen molar-refractivity contribution < 1.29 is 14.6 Å². The molecule has 1 atom stereocenters. The molecule has 1 aromatic rings. The van der Waals surface area contributed by atoms with Crippen LogP contribution in [0.3, 0.4) is 0 Å². The van der Waals surface area contributed by atoms with Crippen LogP contribution in [-0.2, 0) is 9.53 Å². The summed E-state index contributed by atoms with van der Waals surface area (Å²) in [6.07, 6.45) is 0.0473. The maximum atomic E-state index is 11.0. The van der Waals surface area contributed by atoms with Gasteiger partial charge in [0.05, 0.1) is 13.5 Å². The molecule has 82 valence electrons. The molecule has 0 radical (unpaired) electrons. The molecule has 0 aliphatic heterocycles. The van der Waals surface area contributed by atoms with Crippen molar-refractivity contribution in [1.82, 2.24) is 0 Å². The topological polar surface area (TPSA) is 72.5 Å². The highest BCUT2D eigenvalue weighted by atomic mass is 79.9. The first-order valence-corrected chi connectivity index (χ1v) is 5.14. The third kappa shape index (κ3) is 3.21. The molecule has 0 unspecified atom stereocenters. The van der Waals surface area contributed by atoms with Crippen molar-refractivity contribution in [2.45, 2.75) is 12.5 Å². The van der Waals surface area contributed by atoms with Crippen LogP contribution in [0, 0.1) is 0 Å². The van der Waals surface area contributed by atoms with E-state index in [0.29, 0.717) is 5.56 Å². The van der Waals surface area contributed by atoms with Crippen LogP contribution in [0.1, 0.15) is 18.0 Å². The largest absolute Gasteiger partial charge is 0.508 e. The number of benzene rings is 1. The minimum absolute atomic E-state index is 0.0473. The van der Waals surface area contributed by atoms with Gasteiger partial charge in [-0.25, -0.2) is 0 Å². The maximum absolute atomic E-state index is 11.0. The molecule has 0 fully saturated rings. The molecule has 0 heterocycles. The molecule has 0 amide bonds. The van der Waals surface area contributed by atoms with E-state index in [4.69, 9.17) is 5.73 Å². The van der Waals surface area contributed by atoms with Gasteiger partial charge in [-0.1, -0.05) is 22.0 Å². The van der Waals surface area contributed by atoms with Gasteiger partial charge >= 0.3 is 5.97 Å². The Morgan fingerprint density at radius 2 is 2.33 bits per heavy atom. The lowest BCUT2D eigenvalue weighted by molar-refractivity contribution is -0.141. The molecule has 0 aromatic heterocycles. The van der Waals surface area contributed by atoms with Crippen LogP contribution in [-0.4, -0.2) is 18.2 Å². The Morgan fingerprint density at radius 1 is 1.67 bits per heavy atom. The summed E-state index contributed by atoms with van der Waals surface area (Å²) in [5.41, 5.74) is 6.28. The molecular weight excluding hydrogens is 262 g/mol. The number of ether oxygens (including phenoxy) is 1. The number of methoxy groups -OCH3 is 1. The van der Waals surface area contributed by atoms with Gasteiger partial charge in [0.15, 0.2) is 0 Å². The summed E-state index contributed by atoms with van der Waals surface area (Å²) in [7, 11) is 1.30. The van der Waals surface area contributed by atoms with Crippen LogP contribution >= 0.6 is 15.9 Å². The fourth-order valence-electron chi connectivity index (χ4n) is 1.20. The van der Waals surface area contributed by atoms with E-state index in [1.54, 1.807) is 12.1 Å². The summed E-state index contributed by atoms with van der Waals surface area (Å²) >= 11 is 3.22. The lowest BCUT2D eigenvalue weighted by Gasteiger charge is -2.12. The van der Waals surface area contributed by atoms with E-state index in [1.807, 2.05) is 0 Å². The van der Waals surface area contributed by atoms with Crippen LogP contribution in [0.5, 0.6) is 5.75 Å². The minimum Gasteiger partial charge on any atom is -0.508 e. The van der Waals surface area contributed by atoms with Gasteiger partial charge in [0.25, 0.3) is 0 Å². The monoisotopic (exact) mass is 273 g/mol. The maximum Gasteiger partial charge on any atom is 0.307 e. The molecule has 0 saturated heterocycles.